The van der Waals surface area contributed by atoms with E-state index in [2.05, 4.69) is 19.7 Å². The largest absolute Gasteiger partial charge is 0.462 e. The number of rotatable bonds is 10. The van der Waals surface area contributed by atoms with Gasteiger partial charge >= 0.3 is 11.9 Å². The van der Waals surface area contributed by atoms with Crippen LogP contribution < -0.4 is 9.47 Å². The molecule has 1 atom stereocenters. The van der Waals surface area contributed by atoms with Gasteiger partial charge in [0.25, 0.3) is 0 Å². The van der Waals surface area contributed by atoms with Gasteiger partial charge in [-0.15, -0.1) is 0 Å². The van der Waals surface area contributed by atoms with Crippen LogP contribution in [0.15, 0.2) is 78.9 Å². The van der Waals surface area contributed by atoms with Crippen molar-refractivity contribution in [2.45, 2.75) is 26.6 Å². The number of aliphatic hydroxyl groups is 1. The van der Waals surface area contributed by atoms with Crippen molar-refractivity contribution in [3.8, 4) is 22.6 Å². The lowest BCUT2D eigenvalue weighted by atomic mass is 10.1. The first-order valence-electron chi connectivity index (χ1n) is 9.71. The molecule has 32 heavy (non-hydrogen) atoms. The summed E-state index contributed by atoms with van der Waals surface area (Å²) in [6, 6.07) is 10.9. The van der Waals surface area contributed by atoms with E-state index in [0.29, 0.717) is 22.4 Å². The van der Waals surface area contributed by atoms with Crippen LogP contribution in [0.2, 0.25) is 0 Å². The van der Waals surface area contributed by atoms with Gasteiger partial charge in [0.05, 0.1) is 6.61 Å². The van der Waals surface area contributed by atoms with E-state index in [1.54, 1.807) is 37.3 Å². The molecule has 0 saturated heterocycles. The van der Waals surface area contributed by atoms with Crippen LogP contribution in [0.5, 0.6) is 11.5 Å². The van der Waals surface area contributed by atoms with Crippen molar-refractivity contribution in [2.24, 2.45) is 0 Å². The third kappa shape index (κ3) is 6.92. The van der Waals surface area contributed by atoms with Crippen LogP contribution >= 0.6 is 0 Å². The molecule has 168 valence electrons. The summed E-state index contributed by atoms with van der Waals surface area (Å²) >= 11 is 0. The molecule has 2 aromatic carbocycles. The molecule has 0 aromatic heterocycles. The maximum Gasteiger partial charge on any atom is 0.339 e. The summed E-state index contributed by atoms with van der Waals surface area (Å²) in [5.74, 6) is -1.93. The lowest BCUT2D eigenvalue weighted by molar-refractivity contribution is -0.139. The predicted molar refractivity (Wildman–Crippen MR) is 118 cm³/mol. The van der Waals surface area contributed by atoms with Crippen LogP contribution in [0, 0.1) is 5.82 Å². The van der Waals surface area contributed by atoms with Crippen molar-refractivity contribution >= 4 is 11.9 Å². The van der Waals surface area contributed by atoms with Gasteiger partial charge in [-0.25, -0.2) is 14.0 Å². The van der Waals surface area contributed by atoms with Crippen molar-refractivity contribution in [1.29, 1.82) is 0 Å². The van der Waals surface area contributed by atoms with Gasteiger partial charge in [0, 0.05) is 17.6 Å². The van der Waals surface area contributed by atoms with Crippen LogP contribution in [-0.2, 0) is 14.3 Å². The number of carbonyl (C=O) groups is 2. The van der Waals surface area contributed by atoms with Gasteiger partial charge in [0.15, 0.2) is 11.6 Å². The third-order valence-corrected chi connectivity index (χ3v) is 4.27. The zero-order valence-corrected chi connectivity index (χ0v) is 18.0. The van der Waals surface area contributed by atoms with Gasteiger partial charge in [-0.05, 0) is 54.8 Å². The summed E-state index contributed by atoms with van der Waals surface area (Å²) in [7, 11) is 0. The number of carbonyl (C=O) groups excluding carboxylic acids is 2. The Bertz CT molecular complexity index is 1040. The maximum absolute atomic E-state index is 14.5. The van der Waals surface area contributed by atoms with Gasteiger partial charge in [-0.1, -0.05) is 37.9 Å². The SMILES string of the molecule is C=C(C)C(=O)OCCC(=C)C(=O)Oc1ccc(-c2ccc(OC(O)C(=C)C)cc2)cc1F. The molecule has 0 heterocycles. The van der Waals surface area contributed by atoms with Crippen LogP contribution in [0.25, 0.3) is 11.1 Å². The first-order valence-corrected chi connectivity index (χ1v) is 9.71. The van der Waals surface area contributed by atoms with Gasteiger partial charge < -0.3 is 19.3 Å². The summed E-state index contributed by atoms with van der Waals surface area (Å²) in [5.41, 5.74) is 2.00. The molecule has 7 heteroatoms. The molecule has 0 aliphatic carbocycles. The minimum Gasteiger partial charge on any atom is -0.462 e. The van der Waals surface area contributed by atoms with Crippen molar-refractivity contribution in [1.82, 2.24) is 0 Å². The minimum atomic E-state index is -1.11. The van der Waals surface area contributed by atoms with Gasteiger partial charge in [-0.2, -0.15) is 0 Å². The molecular formula is C25H25FO6. The van der Waals surface area contributed by atoms with E-state index in [-0.39, 0.29) is 29.9 Å². The molecule has 1 unspecified atom stereocenters. The Hall–Kier alpha value is -3.71. The second-order valence-electron chi connectivity index (χ2n) is 7.15. The van der Waals surface area contributed by atoms with Crippen LogP contribution in [0.3, 0.4) is 0 Å². The average molecular weight is 440 g/mol. The second kappa shape index (κ2) is 11.1. The van der Waals surface area contributed by atoms with Gasteiger partial charge in [0.1, 0.15) is 5.75 Å². The van der Waals surface area contributed by atoms with E-state index in [1.165, 1.54) is 19.1 Å². The quantitative estimate of drug-likeness (QED) is 0.189. The number of benzene rings is 2. The second-order valence-corrected chi connectivity index (χ2v) is 7.15. The lowest BCUT2D eigenvalue weighted by Gasteiger charge is -2.13. The standard InChI is InChI=1S/C25H25FO6/c1-15(2)23(27)30-13-12-17(5)25(29)32-22-11-8-19(14-21(22)26)18-6-9-20(10-7-18)31-24(28)16(3)4/h6-11,14,24,28H,1,3,5,12-13H2,2,4H3. The Morgan fingerprint density at radius 2 is 1.62 bits per heavy atom. The molecule has 0 aliphatic heterocycles. The summed E-state index contributed by atoms with van der Waals surface area (Å²) in [6.45, 7) is 13.7. The molecule has 2 rings (SSSR count). The normalized spacial score (nSPS) is 11.2. The Kier molecular flexibility index (Phi) is 8.49. The number of aliphatic hydroxyl groups excluding tert-OH is 1. The molecule has 0 aliphatic rings. The van der Waals surface area contributed by atoms with Gasteiger partial charge in [0.2, 0.25) is 6.29 Å². The third-order valence-electron chi connectivity index (χ3n) is 4.27. The zero-order chi connectivity index (χ0) is 23.8. The fourth-order valence-corrected chi connectivity index (χ4v) is 2.38. The van der Waals surface area contributed by atoms with Crippen molar-refractivity contribution in [2.75, 3.05) is 6.61 Å². The first kappa shape index (κ1) is 24.6. The number of hydrogen-bond donors (Lipinski definition) is 1. The molecular weight excluding hydrogens is 415 g/mol. The molecule has 0 spiro atoms. The number of ether oxygens (including phenoxy) is 3. The van der Waals surface area contributed by atoms with E-state index >= 15 is 0 Å². The van der Waals surface area contributed by atoms with E-state index < -0.39 is 24.0 Å². The highest BCUT2D eigenvalue weighted by Crippen LogP contribution is 2.28. The summed E-state index contributed by atoms with van der Waals surface area (Å²) < 4.78 is 29.8. The Balaban J connectivity index is 1.98. The van der Waals surface area contributed by atoms with Crippen molar-refractivity contribution < 1.29 is 33.3 Å². The molecule has 0 radical (unpaired) electrons. The Morgan fingerprint density at radius 1 is 1.00 bits per heavy atom. The summed E-state index contributed by atoms with van der Waals surface area (Å²) in [5, 5.41) is 9.69. The Labute approximate surface area is 186 Å². The highest BCUT2D eigenvalue weighted by atomic mass is 19.1. The van der Waals surface area contributed by atoms with E-state index in [4.69, 9.17) is 14.2 Å². The summed E-state index contributed by atoms with van der Waals surface area (Å²) in [4.78, 5) is 23.4. The molecule has 0 fully saturated rings. The lowest BCUT2D eigenvalue weighted by Crippen LogP contribution is -2.15. The Morgan fingerprint density at radius 3 is 2.19 bits per heavy atom. The fourth-order valence-electron chi connectivity index (χ4n) is 2.38. The van der Waals surface area contributed by atoms with E-state index in [9.17, 15) is 19.1 Å². The predicted octanol–water partition coefficient (Wildman–Crippen LogP) is 4.74. The summed E-state index contributed by atoms with van der Waals surface area (Å²) in [6.07, 6.45) is -1.06. The molecule has 1 N–H and O–H groups in total. The number of halogens is 1. The molecule has 2 aromatic rings. The van der Waals surface area contributed by atoms with E-state index in [1.807, 2.05) is 0 Å². The monoisotopic (exact) mass is 440 g/mol. The van der Waals surface area contributed by atoms with Gasteiger partial charge in [-0.3, -0.25) is 0 Å². The van der Waals surface area contributed by atoms with Crippen LogP contribution in [0.1, 0.15) is 20.3 Å². The molecule has 6 nitrogen and oxygen atoms in total. The molecule has 0 bridgehead atoms. The van der Waals surface area contributed by atoms with Crippen molar-refractivity contribution in [3.63, 3.8) is 0 Å². The number of hydrogen-bond acceptors (Lipinski definition) is 6. The molecule has 0 saturated carbocycles. The highest BCUT2D eigenvalue weighted by Gasteiger charge is 2.15. The maximum atomic E-state index is 14.5. The van der Waals surface area contributed by atoms with E-state index in [0.717, 1.165) is 0 Å². The van der Waals surface area contributed by atoms with Crippen LogP contribution in [-0.4, -0.2) is 29.9 Å². The molecule has 0 amide bonds. The number of esters is 2. The van der Waals surface area contributed by atoms with Crippen LogP contribution in [0.4, 0.5) is 4.39 Å². The average Bonchev–Trinajstić information content (AvgIpc) is 2.75. The van der Waals surface area contributed by atoms with Crippen molar-refractivity contribution in [3.05, 3.63) is 84.7 Å². The highest BCUT2D eigenvalue weighted by molar-refractivity contribution is 5.90. The fraction of sp³-hybridized carbons (Fsp3) is 0.200. The zero-order valence-electron chi connectivity index (χ0n) is 18.0. The minimum absolute atomic E-state index is 0.0375. The topological polar surface area (TPSA) is 82.1 Å². The smallest absolute Gasteiger partial charge is 0.339 e. The first-order chi connectivity index (χ1) is 15.1.